The minimum Gasteiger partial charge on any atom is -0.455 e. The zero-order chi connectivity index (χ0) is 46.2. The molecule has 0 bridgehead atoms. The van der Waals surface area contributed by atoms with Crippen LogP contribution < -0.4 is 4.90 Å². The summed E-state index contributed by atoms with van der Waals surface area (Å²) >= 11 is 0. The van der Waals surface area contributed by atoms with Crippen molar-refractivity contribution in [1.82, 2.24) is 4.57 Å². The maximum absolute atomic E-state index is 6.49. The maximum atomic E-state index is 6.49. The van der Waals surface area contributed by atoms with Crippen LogP contribution in [0.2, 0.25) is 0 Å². The lowest BCUT2D eigenvalue weighted by Crippen LogP contribution is -2.28. The van der Waals surface area contributed by atoms with Crippen molar-refractivity contribution < 1.29 is 4.42 Å². The fourth-order valence-electron chi connectivity index (χ4n) is 11.7. The summed E-state index contributed by atoms with van der Waals surface area (Å²) in [4.78, 5) is 2.37. The number of rotatable bonds is 8. The number of nitrogens with zero attached hydrogens (tertiary/aromatic N) is 2. The van der Waals surface area contributed by atoms with Gasteiger partial charge in [0.1, 0.15) is 11.2 Å². The number of benzene rings is 11. The Morgan fingerprint density at radius 3 is 1.43 bits per heavy atom. The maximum Gasteiger partial charge on any atom is 0.143 e. The fraction of sp³-hybridized carbons (Fsp3) is 0.0149. The molecule has 1 aliphatic carbocycles. The lowest BCUT2D eigenvalue weighted by Gasteiger charge is -2.34. The van der Waals surface area contributed by atoms with E-state index < -0.39 is 5.41 Å². The van der Waals surface area contributed by atoms with Crippen molar-refractivity contribution in [2.24, 2.45) is 0 Å². The van der Waals surface area contributed by atoms with Gasteiger partial charge in [-0.15, -0.1) is 0 Å². The Labute approximate surface area is 406 Å². The van der Waals surface area contributed by atoms with Gasteiger partial charge < -0.3 is 13.9 Å². The first-order valence-electron chi connectivity index (χ1n) is 24.1. The third-order valence-electron chi connectivity index (χ3n) is 14.7. The van der Waals surface area contributed by atoms with Crippen LogP contribution >= 0.6 is 0 Å². The van der Waals surface area contributed by atoms with Crippen molar-refractivity contribution in [3.8, 4) is 39.1 Å². The first-order chi connectivity index (χ1) is 34.7. The van der Waals surface area contributed by atoms with Gasteiger partial charge in [0, 0.05) is 49.9 Å². The van der Waals surface area contributed by atoms with Crippen molar-refractivity contribution in [1.29, 1.82) is 0 Å². The first kappa shape index (κ1) is 39.9. The SMILES string of the molecule is c1ccc(C2(c3ccccc3)c3ccccc3-c3c(-c4ccc(N(c5ccc(-c6cccc7c6oc6ccccc67)cc5)c5ccc(-n6c7ccccc7c7ccccc76)cc5)cc4)cccc32)cc1. The summed E-state index contributed by atoms with van der Waals surface area (Å²) in [6.07, 6.45) is 0. The normalized spacial score (nSPS) is 12.7. The molecule has 0 saturated carbocycles. The van der Waals surface area contributed by atoms with Gasteiger partial charge in [-0.05, 0) is 117 Å². The minimum atomic E-state index is -0.464. The number of aromatic nitrogens is 1. The lowest BCUT2D eigenvalue weighted by molar-refractivity contribution is 0.670. The largest absolute Gasteiger partial charge is 0.455 e. The third-order valence-corrected chi connectivity index (χ3v) is 14.7. The highest BCUT2D eigenvalue weighted by molar-refractivity contribution is 6.10. The number of furan rings is 1. The van der Waals surface area contributed by atoms with Gasteiger partial charge in [-0.2, -0.15) is 0 Å². The van der Waals surface area contributed by atoms with Gasteiger partial charge in [0.05, 0.1) is 16.4 Å². The van der Waals surface area contributed by atoms with Gasteiger partial charge in [-0.3, -0.25) is 0 Å². The molecule has 0 saturated heterocycles. The van der Waals surface area contributed by atoms with E-state index in [-0.39, 0.29) is 0 Å². The zero-order valence-electron chi connectivity index (χ0n) is 38.2. The predicted molar refractivity (Wildman–Crippen MR) is 291 cm³/mol. The molecule has 14 rings (SSSR count). The van der Waals surface area contributed by atoms with Gasteiger partial charge in [0.25, 0.3) is 0 Å². The molecule has 328 valence electrons. The Kier molecular flexibility index (Phi) is 9.11. The van der Waals surface area contributed by atoms with Crippen LogP contribution in [0.3, 0.4) is 0 Å². The van der Waals surface area contributed by atoms with E-state index in [0.717, 1.165) is 55.8 Å². The number of anilines is 3. The van der Waals surface area contributed by atoms with Crippen LogP contribution in [-0.4, -0.2) is 4.57 Å². The van der Waals surface area contributed by atoms with E-state index in [9.17, 15) is 0 Å². The van der Waals surface area contributed by atoms with Crippen LogP contribution in [0, 0.1) is 0 Å². The summed E-state index contributed by atoms with van der Waals surface area (Å²) in [6, 6.07) is 97.1. The van der Waals surface area contributed by atoms with E-state index in [0.29, 0.717) is 0 Å². The minimum absolute atomic E-state index is 0.464. The van der Waals surface area contributed by atoms with E-state index in [1.54, 1.807) is 0 Å². The van der Waals surface area contributed by atoms with Gasteiger partial charge in [-0.1, -0.05) is 200 Å². The molecule has 0 radical (unpaired) electrons. The molecule has 0 fully saturated rings. The first-order valence-corrected chi connectivity index (χ1v) is 24.1. The summed E-state index contributed by atoms with van der Waals surface area (Å²) in [5.41, 5.74) is 20.3. The lowest BCUT2D eigenvalue weighted by atomic mass is 9.67. The number of hydrogen-bond acceptors (Lipinski definition) is 2. The summed E-state index contributed by atoms with van der Waals surface area (Å²) in [7, 11) is 0. The number of para-hydroxylation sites is 4. The van der Waals surface area contributed by atoms with Gasteiger partial charge >= 0.3 is 0 Å². The van der Waals surface area contributed by atoms with E-state index in [1.807, 2.05) is 12.1 Å². The average molecular weight is 893 g/mol. The predicted octanol–water partition coefficient (Wildman–Crippen LogP) is 17.8. The van der Waals surface area contributed by atoms with Crippen molar-refractivity contribution in [2.45, 2.75) is 5.41 Å². The van der Waals surface area contributed by atoms with Crippen LogP contribution in [0.4, 0.5) is 17.1 Å². The average Bonchev–Trinajstić information content (AvgIpc) is 4.09. The summed E-state index contributed by atoms with van der Waals surface area (Å²) in [5, 5.41) is 4.76. The van der Waals surface area contributed by atoms with Gasteiger partial charge in [-0.25, -0.2) is 0 Å². The second kappa shape index (κ2) is 16.0. The fourth-order valence-corrected chi connectivity index (χ4v) is 11.7. The quantitative estimate of drug-likeness (QED) is 0.152. The third kappa shape index (κ3) is 6.01. The molecule has 0 N–H and O–H groups in total. The molecule has 2 heterocycles. The van der Waals surface area contributed by atoms with E-state index in [2.05, 4.69) is 264 Å². The van der Waals surface area contributed by atoms with E-state index in [1.165, 1.54) is 66.3 Å². The topological polar surface area (TPSA) is 21.3 Å². The van der Waals surface area contributed by atoms with Crippen LogP contribution in [0.15, 0.2) is 271 Å². The van der Waals surface area contributed by atoms with Crippen LogP contribution in [0.25, 0.3) is 82.8 Å². The Balaban J connectivity index is 0.900. The van der Waals surface area contributed by atoms with Crippen LogP contribution in [-0.2, 0) is 5.41 Å². The molecule has 0 unspecified atom stereocenters. The molecule has 0 atom stereocenters. The molecule has 70 heavy (non-hydrogen) atoms. The van der Waals surface area contributed by atoms with E-state index in [4.69, 9.17) is 4.42 Å². The highest BCUT2D eigenvalue weighted by Crippen LogP contribution is 2.58. The molecular weight excluding hydrogens is 849 g/mol. The van der Waals surface area contributed by atoms with Crippen molar-refractivity contribution in [2.75, 3.05) is 4.90 Å². The Hall–Kier alpha value is -9.18. The van der Waals surface area contributed by atoms with Crippen molar-refractivity contribution in [3.05, 3.63) is 289 Å². The molecule has 2 aromatic heterocycles. The molecule has 0 amide bonds. The monoisotopic (exact) mass is 892 g/mol. The number of fused-ring (bicyclic) bond motifs is 9. The summed E-state index contributed by atoms with van der Waals surface area (Å²) in [6.45, 7) is 0. The van der Waals surface area contributed by atoms with Crippen LogP contribution in [0.5, 0.6) is 0 Å². The molecule has 3 nitrogen and oxygen atoms in total. The molecule has 3 heteroatoms. The molecule has 0 aliphatic heterocycles. The second-order valence-electron chi connectivity index (χ2n) is 18.4. The summed E-state index contributed by atoms with van der Waals surface area (Å²) < 4.78 is 8.87. The second-order valence-corrected chi connectivity index (χ2v) is 18.4. The van der Waals surface area contributed by atoms with Crippen molar-refractivity contribution >= 4 is 60.8 Å². The summed E-state index contributed by atoms with van der Waals surface area (Å²) in [5.74, 6) is 0. The Morgan fingerprint density at radius 1 is 0.329 bits per heavy atom. The van der Waals surface area contributed by atoms with E-state index >= 15 is 0 Å². The standard InChI is InChI=1S/C67H44N2O/c1-3-17-47(18-4-1)67(48-19-5-2-6-20-48)60-28-11-7-24-59(60)65-53(25-16-29-61(65)67)45-33-37-49(38-34-45)68(50-39-35-46(36-40-50)54-26-15-27-58-57-23-10-14-32-64(57)70-66(54)58)51-41-43-52(44-42-51)69-62-30-12-8-21-55(62)56-22-9-13-31-63(56)69/h1-44H. The molecule has 11 aromatic carbocycles. The van der Waals surface area contributed by atoms with Crippen LogP contribution in [0.1, 0.15) is 22.3 Å². The van der Waals surface area contributed by atoms with Crippen molar-refractivity contribution in [3.63, 3.8) is 0 Å². The number of hydrogen-bond donors (Lipinski definition) is 0. The molecule has 1 aliphatic rings. The van der Waals surface area contributed by atoms with Gasteiger partial charge in [0.2, 0.25) is 0 Å². The molecular formula is C67H44N2O. The smallest absolute Gasteiger partial charge is 0.143 e. The Morgan fingerprint density at radius 2 is 0.786 bits per heavy atom. The zero-order valence-corrected chi connectivity index (χ0v) is 38.2. The highest BCUT2D eigenvalue weighted by Gasteiger charge is 2.46. The highest BCUT2D eigenvalue weighted by atomic mass is 16.3. The molecule has 13 aromatic rings. The van der Waals surface area contributed by atoms with Gasteiger partial charge in [0.15, 0.2) is 0 Å². The Bertz CT molecular complexity index is 4000. The molecule has 0 spiro atoms.